The first-order valence-electron chi connectivity index (χ1n) is 11.3. The van der Waals surface area contributed by atoms with Crippen LogP contribution < -0.4 is 0 Å². The molecule has 2 aromatic carbocycles. The van der Waals surface area contributed by atoms with Crippen molar-refractivity contribution in [3.8, 4) is 0 Å². The van der Waals surface area contributed by atoms with Crippen molar-refractivity contribution in [1.29, 1.82) is 0 Å². The Labute approximate surface area is 183 Å². The van der Waals surface area contributed by atoms with Crippen LogP contribution in [0.1, 0.15) is 61.5 Å². The molecule has 2 aliphatic heterocycles. The van der Waals surface area contributed by atoms with Gasteiger partial charge in [-0.1, -0.05) is 63.2 Å². The smallest absolute Gasteiger partial charge is 0.246 e. The summed E-state index contributed by atoms with van der Waals surface area (Å²) >= 11 is 0. The van der Waals surface area contributed by atoms with E-state index in [4.69, 9.17) is 0 Å². The third-order valence-corrected chi connectivity index (χ3v) is 6.75. The van der Waals surface area contributed by atoms with E-state index in [1.807, 2.05) is 24.0 Å². The second kappa shape index (κ2) is 7.56. The van der Waals surface area contributed by atoms with Gasteiger partial charge in [0.1, 0.15) is 6.04 Å². The van der Waals surface area contributed by atoms with Crippen molar-refractivity contribution in [2.75, 3.05) is 13.1 Å². The largest absolute Gasteiger partial charge is 0.356 e. The number of fused-ring (bicyclic) bond motifs is 4. The third-order valence-electron chi connectivity index (χ3n) is 6.75. The molecule has 3 heterocycles. The highest BCUT2D eigenvalue weighted by Gasteiger charge is 2.47. The Morgan fingerprint density at radius 2 is 1.81 bits per heavy atom. The molecule has 0 aliphatic carbocycles. The number of piperazine rings is 1. The van der Waals surface area contributed by atoms with Crippen LogP contribution in [0.15, 0.2) is 48.5 Å². The number of hydrogen-bond acceptors (Lipinski definition) is 2. The van der Waals surface area contributed by atoms with E-state index in [0.717, 1.165) is 34.1 Å². The minimum atomic E-state index is -0.450. The van der Waals surface area contributed by atoms with Crippen LogP contribution in [0.5, 0.6) is 0 Å². The summed E-state index contributed by atoms with van der Waals surface area (Å²) in [5.74, 6) is 0.541. The second-order valence-corrected chi connectivity index (χ2v) is 9.07. The summed E-state index contributed by atoms with van der Waals surface area (Å²) in [6.45, 7) is 7.19. The highest BCUT2D eigenvalue weighted by atomic mass is 16.2. The van der Waals surface area contributed by atoms with Gasteiger partial charge in [0, 0.05) is 29.6 Å². The molecule has 3 aromatic rings. The lowest BCUT2D eigenvalue weighted by atomic mass is 9.85. The molecule has 5 heteroatoms. The monoisotopic (exact) mass is 415 g/mol. The number of aromatic nitrogens is 1. The molecule has 1 N–H and O–H groups in total. The molecule has 0 radical (unpaired) electrons. The number of hydrogen-bond donors (Lipinski definition) is 1. The highest BCUT2D eigenvalue weighted by Crippen LogP contribution is 2.42. The molecule has 1 saturated heterocycles. The summed E-state index contributed by atoms with van der Waals surface area (Å²) in [7, 11) is 0. The second-order valence-electron chi connectivity index (χ2n) is 9.07. The number of amides is 2. The van der Waals surface area contributed by atoms with Crippen LogP contribution in [0.2, 0.25) is 0 Å². The molecule has 31 heavy (non-hydrogen) atoms. The maximum absolute atomic E-state index is 13.4. The van der Waals surface area contributed by atoms with Crippen molar-refractivity contribution in [2.24, 2.45) is 0 Å². The lowest BCUT2D eigenvalue weighted by molar-refractivity contribution is -0.158. The van der Waals surface area contributed by atoms with Gasteiger partial charge < -0.3 is 14.8 Å². The zero-order valence-corrected chi connectivity index (χ0v) is 18.4. The number of carbonyl (C=O) groups is 2. The average Bonchev–Trinajstić information content (AvgIpc) is 3.14. The lowest BCUT2D eigenvalue weighted by Crippen LogP contribution is -2.63. The minimum absolute atomic E-state index is 0.0280. The molecular formula is C26H29N3O2. The van der Waals surface area contributed by atoms with Gasteiger partial charge in [0.25, 0.3) is 0 Å². The fourth-order valence-electron chi connectivity index (χ4n) is 5.19. The van der Waals surface area contributed by atoms with Crippen LogP contribution in [0.25, 0.3) is 10.9 Å². The summed E-state index contributed by atoms with van der Waals surface area (Å²) in [6.07, 6.45) is 1.41. The number of benzene rings is 2. The summed E-state index contributed by atoms with van der Waals surface area (Å²) in [5.41, 5.74) is 5.57. The normalized spacial score (nSPS) is 21.0. The Morgan fingerprint density at radius 1 is 1.06 bits per heavy atom. The van der Waals surface area contributed by atoms with Crippen LogP contribution >= 0.6 is 0 Å². The molecule has 0 saturated carbocycles. The van der Waals surface area contributed by atoms with E-state index in [2.05, 4.69) is 55.2 Å². The Kier molecular flexibility index (Phi) is 4.84. The van der Waals surface area contributed by atoms with Crippen molar-refractivity contribution in [3.05, 3.63) is 70.9 Å². The number of para-hydroxylation sites is 1. The molecule has 5 nitrogen and oxygen atoms in total. The first-order chi connectivity index (χ1) is 15.0. The number of aromatic amines is 1. The van der Waals surface area contributed by atoms with Gasteiger partial charge in [-0.2, -0.15) is 0 Å². The standard InChI is InChI=1S/C26H29N3O2/c1-4-13-28-15-23(30)29-22(26(28)31)14-20-19-7-5-6-8-21(19)27-24(20)25(29)18-11-9-17(10-12-18)16(2)3/h5-12,16,22,25,27H,4,13-15H2,1-3H3. The van der Waals surface area contributed by atoms with Crippen molar-refractivity contribution >= 4 is 22.7 Å². The molecule has 0 spiro atoms. The van der Waals surface area contributed by atoms with Crippen LogP contribution in [-0.2, 0) is 16.0 Å². The predicted octanol–water partition coefficient (Wildman–Crippen LogP) is 4.39. The van der Waals surface area contributed by atoms with Crippen LogP contribution in [0.4, 0.5) is 0 Å². The number of H-pyrrole nitrogens is 1. The quantitative estimate of drug-likeness (QED) is 0.687. The van der Waals surface area contributed by atoms with E-state index in [1.54, 1.807) is 4.90 Å². The van der Waals surface area contributed by atoms with Crippen LogP contribution in [0, 0.1) is 0 Å². The number of nitrogens with one attached hydrogen (secondary N) is 1. The molecule has 0 bridgehead atoms. The van der Waals surface area contributed by atoms with Crippen LogP contribution in [-0.4, -0.2) is 45.7 Å². The lowest BCUT2D eigenvalue weighted by Gasteiger charge is -2.47. The predicted molar refractivity (Wildman–Crippen MR) is 122 cm³/mol. The molecule has 2 aliphatic rings. The summed E-state index contributed by atoms with van der Waals surface area (Å²) < 4.78 is 0. The van der Waals surface area contributed by atoms with Gasteiger partial charge in [-0.3, -0.25) is 9.59 Å². The zero-order valence-electron chi connectivity index (χ0n) is 18.4. The van der Waals surface area contributed by atoms with Crippen molar-refractivity contribution in [1.82, 2.24) is 14.8 Å². The fraction of sp³-hybridized carbons (Fsp3) is 0.385. The van der Waals surface area contributed by atoms with E-state index in [0.29, 0.717) is 18.9 Å². The zero-order chi connectivity index (χ0) is 21.7. The van der Waals surface area contributed by atoms with Crippen molar-refractivity contribution < 1.29 is 9.59 Å². The number of rotatable bonds is 4. The van der Waals surface area contributed by atoms with E-state index in [9.17, 15) is 9.59 Å². The minimum Gasteiger partial charge on any atom is -0.356 e. The van der Waals surface area contributed by atoms with E-state index >= 15 is 0 Å². The van der Waals surface area contributed by atoms with Gasteiger partial charge in [0.15, 0.2) is 0 Å². The highest BCUT2D eigenvalue weighted by molar-refractivity contribution is 5.97. The molecule has 1 fully saturated rings. The van der Waals surface area contributed by atoms with Gasteiger partial charge >= 0.3 is 0 Å². The van der Waals surface area contributed by atoms with Gasteiger partial charge in [0.05, 0.1) is 12.6 Å². The van der Waals surface area contributed by atoms with Gasteiger partial charge in [-0.15, -0.1) is 0 Å². The average molecular weight is 416 g/mol. The summed E-state index contributed by atoms with van der Waals surface area (Å²) in [4.78, 5) is 33.9. The maximum atomic E-state index is 13.4. The third kappa shape index (κ3) is 3.14. The van der Waals surface area contributed by atoms with E-state index < -0.39 is 6.04 Å². The van der Waals surface area contributed by atoms with E-state index in [1.165, 1.54) is 5.56 Å². The molecule has 160 valence electrons. The molecule has 2 amide bonds. The van der Waals surface area contributed by atoms with Gasteiger partial charge in [-0.05, 0) is 35.1 Å². The number of carbonyl (C=O) groups excluding carboxylic acids is 2. The molecule has 2 unspecified atom stereocenters. The summed E-state index contributed by atoms with van der Waals surface area (Å²) in [5, 5.41) is 1.15. The first kappa shape index (κ1) is 19.9. The van der Waals surface area contributed by atoms with Gasteiger partial charge in [0.2, 0.25) is 11.8 Å². The Balaban J connectivity index is 1.67. The molecular weight excluding hydrogens is 386 g/mol. The Morgan fingerprint density at radius 3 is 2.52 bits per heavy atom. The topological polar surface area (TPSA) is 56.4 Å². The Hall–Kier alpha value is -3.08. The molecule has 5 rings (SSSR count). The Bertz CT molecular complexity index is 1150. The number of nitrogens with zero attached hydrogens (tertiary/aromatic N) is 2. The van der Waals surface area contributed by atoms with Crippen molar-refractivity contribution in [3.63, 3.8) is 0 Å². The van der Waals surface area contributed by atoms with Gasteiger partial charge in [-0.25, -0.2) is 0 Å². The SMILES string of the molecule is CCCN1CC(=O)N2C(Cc3c([nH]c4ccccc34)C2c2ccc(C(C)C)cc2)C1=O. The fourth-order valence-corrected chi connectivity index (χ4v) is 5.19. The molecule has 1 aromatic heterocycles. The first-order valence-corrected chi connectivity index (χ1v) is 11.3. The molecule has 2 atom stereocenters. The van der Waals surface area contributed by atoms with E-state index in [-0.39, 0.29) is 24.4 Å². The maximum Gasteiger partial charge on any atom is 0.246 e. The van der Waals surface area contributed by atoms with Crippen LogP contribution in [0.3, 0.4) is 0 Å². The summed E-state index contributed by atoms with van der Waals surface area (Å²) in [6, 6.07) is 16.0. The van der Waals surface area contributed by atoms with Crippen molar-refractivity contribution in [2.45, 2.75) is 51.6 Å².